The molecule has 2 heteroatoms. The molecule has 0 spiro atoms. The lowest BCUT2D eigenvalue weighted by atomic mass is 10.1. The molecule has 0 aliphatic rings. The van der Waals surface area contributed by atoms with Crippen LogP contribution in [0.2, 0.25) is 0 Å². The van der Waals surface area contributed by atoms with Gasteiger partial charge in [0.25, 0.3) is 0 Å². The maximum absolute atomic E-state index is 2.51. The molecule has 0 aliphatic heterocycles. The van der Waals surface area contributed by atoms with E-state index in [9.17, 15) is 0 Å². The number of halogens is 1. The summed E-state index contributed by atoms with van der Waals surface area (Å²) in [7, 11) is 0. The van der Waals surface area contributed by atoms with E-state index in [1.54, 1.807) is 0 Å². The van der Waals surface area contributed by atoms with Gasteiger partial charge in [0, 0.05) is 31.9 Å². The first kappa shape index (κ1) is 14.9. The number of para-hydroxylation sites is 1. The molecule has 0 saturated carbocycles. The van der Waals surface area contributed by atoms with Crippen molar-refractivity contribution in [3.8, 4) is 0 Å². The van der Waals surface area contributed by atoms with Crippen LogP contribution in [-0.4, -0.2) is 4.57 Å². The summed E-state index contributed by atoms with van der Waals surface area (Å²) in [6, 6.07) is 15.6. The van der Waals surface area contributed by atoms with Gasteiger partial charge < -0.3 is 4.57 Å². The molecule has 2 aromatic carbocycles. The van der Waals surface area contributed by atoms with Gasteiger partial charge in [0.15, 0.2) is 0 Å². The van der Waals surface area contributed by atoms with Crippen LogP contribution >= 0.6 is 22.6 Å². The zero-order valence-electron chi connectivity index (χ0n) is 12.6. The smallest absolute Gasteiger partial charge is 0.0492 e. The Balaban J connectivity index is 1.95. The third-order valence-corrected chi connectivity index (χ3v) is 4.89. The van der Waals surface area contributed by atoms with Crippen molar-refractivity contribution >= 4 is 44.4 Å². The fourth-order valence-corrected chi connectivity index (χ4v) is 3.63. The molecule has 0 N–H and O–H groups in total. The van der Waals surface area contributed by atoms with Crippen LogP contribution in [0.5, 0.6) is 0 Å². The number of rotatable bonds is 6. The Bertz CT molecular complexity index is 742. The normalized spacial score (nSPS) is 11.5. The number of unbranched alkanes of at least 4 members (excludes halogenated alkanes) is 4. The van der Waals surface area contributed by atoms with E-state index in [0.717, 1.165) is 6.54 Å². The van der Waals surface area contributed by atoms with E-state index in [-0.39, 0.29) is 0 Å². The van der Waals surface area contributed by atoms with Crippen LogP contribution in [-0.2, 0) is 6.54 Å². The van der Waals surface area contributed by atoms with Crippen molar-refractivity contribution in [3.63, 3.8) is 0 Å². The number of nitrogens with zero attached hydrogens (tertiary/aromatic N) is 1. The van der Waals surface area contributed by atoms with Crippen LogP contribution in [0.15, 0.2) is 42.5 Å². The second kappa shape index (κ2) is 6.82. The standard InChI is InChI=1S/C19H22IN/c1-2-3-4-5-8-13-21-18-10-7-6-9-16(18)17-14-15(20)11-12-19(17)21/h6-7,9-12,14H,2-5,8,13H2,1H3. The number of aromatic nitrogens is 1. The van der Waals surface area contributed by atoms with Crippen LogP contribution in [0.4, 0.5) is 0 Å². The Morgan fingerprint density at radius 1 is 0.857 bits per heavy atom. The summed E-state index contributed by atoms with van der Waals surface area (Å²) in [5.41, 5.74) is 2.76. The van der Waals surface area contributed by atoms with Gasteiger partial charge in [-0.2, -0.15) is 0 Å². The molecule has 3 rings (SSSR count). The zero-order valence-corrected chi connectivity index (χ0v) is 14.8. The minimum atomic E-state index is 1.13. The summed E-state index contributed by atoms with van der Waals surface area (Å²) >= 11 is 2.40. The molecule has 1 nitrogen and oxygen atoms in total. The summed E-state index contributed by atoms with van der Waals surface area (Å²) in [6.45, 7) is 3.41. The van der Waals surface area contributed by atoms with Crippen molar-refractivity contribution in [2.24, 2.45) is 0 Å². The van der Waals surface area contributed by atoms with Gasteiger partial charge >= 0.3 is 0 Å². The molecule has 0 amide bonds. The Morgan fingerprint density at radius 2 is 1.62 bits per heavy atom. The third kappa shape index (κ3) is 3.10. The molecule has 0 atom stereocenters. The van der Waals surface area contributed by atoms with Crippen LogP contribution in [0.1, 0.15) is 39.0 Å². The van der Waals surface area contributed by atoms with E-state index in [2.05, 4.69) is 76.5 Å². The lowest BCUT2D eigenvalue weighted by molar-refractivity contribution is 0.584. The first-order chi connectivity index (χ1) is 10.3. The molecular weight excluding hydrogens is 369 g/mol. The Labute approximate surface area is 140 Å². The Kier molecular flexibility index (Phi) is 4.84. The van der Waals surface area contributed by atoms with E-state index >= 15 is 0 Å². The fourth-order valence-electron chi connectivity index (χ4n) is 3.14. The molecule has 0 fully saturated rings. The van der Waals surface area contributed by atoms with Gasteiger partial charge in [-0.25, -0.2) is 0 Å². The van der Waals surface area contributed by atoms with Crippen molar-refractivity contribution in [1.29, 1.82) is 0 Å². The minimum Gasteiger partial charge on any atom is -0.340 e. The van der Waals surface area contributed by atoms with Gasteiger partial charge in [0.05, 0.1) is 0 Å². The first-order valence-electron chi connectivity index (χ1n) is 7.97. The summed E-state index contributed by atoms with van der Waals surface area (Å²) in [5.74, 6) is 0. The Hall–Kier alpha value is -1.03. The topological polar surface area (TPSA) is 4.93 Å². The molecule has 21 heavy (non-hydrogen) atoms. The highest BCUT2D eigenvalue weighted by atomic mass is 127. The molecule has 3 aromatic rings. The number of aryl methyl sites for hydroxylation is 1. The highest BCUT2D eigenvalue weighted by molar-refractivity contribution is 14.1. The molecule has 1 aromatic heterocycles. The lowest BCUT2D eigenvalue weighted by Gasteiger charge is -2.07. The highest BCUT2D eigenvalue weighted by Crippen LogP contribution is 2.30. The first-order valence-corrected chi connectivity index (χ1v) is 9.05. The van der Waals surface area contributed by atoms with E-state index in [1.165, 1.54) is 57.5 Å². The van der Waals surface area contributed by atoms with Crippen LogP contribution < -0.4 is 0 Å². The van der Waals surface area contributed by atoms with Gasteiger partial charge in [-0.1, -0.05) is 50.8 Å². The summed E-state index contributed by atoms with van der Waals surface area (Å²) in [5, 5.41) is 2.78. The number of hydrogen-bond donors (Lipinski definition) is 0. The summed E-state index contributed by atoms with van der Waals surface area (Å²) in [4.78, 5) is 0. The van der Waals surface area contributed by atoms with E-state index in [0.29, 0.717) is 0 Å². The minimum absolute atomic E-state index is 1.13. The number of fused-ring (bicyclic) bond motifs is 3. The fraction of sp³-hybridized carbons (Fsp3) is 0.368. The molecular formula is C19H22IN. The molecule has 0 radical (unpaired) electrons. The molecule has 0 unspecified atom stereocenters. The second-order valence-electron chi connectivity index (χ2n) is 5.74. The summed E-state index contributed by atoms with van der Waals surface area (Å²) in [6.07, 6.45) is 6.66. The van der Waals surface area contributed by atoms with E-state index in [1.807, 2.05) is 0 Å². The average Bonchev–Trinajstić information content (AvgIpc) is 2.81. The largest absolute Gasteiger partial charge is 0.340 e. The molecule has 0 saturated heterocycles. The molecule has 0 bridgehead atoms. The van der Waals surface area contributed by atoms with Crippen molar-refractivity contribution in [2.75, 3.05) is 0 Å². The average molecular weight is 391 g/mol. The lowest BCUT2D eigenvalue weighted by Crippen LogP contribution is -1.97. The van der Waals surface area contributed by atoms with Gasteiger partial charge in [0.2, 0.25) is 0 Å². The summed E-state index contributed by atoms with van der Waals surface area (Å²) < 4.78 is 3.82. The van der Waals surface area contributed by atoms with Gasteiger partial charge in [-0.15, -0.1) is 0 Å². The van der Waals surface area contributed by atoms with Crippen molar-refractivity contribution in [2.45, 2.75) is 45.6 Å². The maximum Gasteiger partial charge on any atom is 0.0492 e. The predicted molar refractivity (Wildman–Crippen MR) is 101 cm³/mol. The number of benzene rings is 2. The quantitative estimate of drug-likeness (QED) is 0.340. The SMILES string of the molecule is CCCCCCCn1c2ccccc2c2cc(I)ccc21. The highest BCUT2D eigenvalue weighted by Gasteiger charge is 2.09. The van der Waals surface area contributed by atoms with E-state index in [4.69, 9.17) is 0 Å². The molecule has 1 heterocycles. The van der Waals surface area contributed by atoms with Crippen LogP contribution in [0.25, 0.3) is 21.8 Å². The zero-order chi connectivity index (χ0) is 14.7. The van der Waals surface area contributed by atoms with Crippen LogP contribution in [0.3, 0.4) is 0 Å². The predicted octanol–water partition coefficient (Wildman–Crippen LogP) is 6.37. The second-order valence-corrected chi connectivity index (χ2v) is 6.99. The van der Waals surface area contributed by atoms with Crippen molar-refractivity contribution in [1.82, 2.24) is 4.57 Å². The van der Waals surface area contributed by atoms with Crippen molar-refractivity contribution in [3.05, 3.63) is 46.0 Å². The third-order valence-electron chi connectivity index (χ3n) is 4.22. The van der Waals surface area contributed by atoms with Gasteiger partial charge in [-0.3, -0.25) is 0 Å². The Morgan fingerprint density at radius 3 is 2.48 bits per heavy atom. The monoisotopic (exact) mass is 391 g/mol. The van der Waals surface area contributed by atoms with Crippen LogP contribution in [0, 0.1) is 3.57 Å². The van der Waals surface area contributed by atoms with Gasteiger partial charge in [0.1, 0.15) is 0 Å². The van der Waals surface area contributed by atoms with Crippen molar-refractivity contribution < 1.29 is 0 Å². The van der Waals surface area contributed by atoms with E-state index < -0.39 is 0 Å². The molecule has 110 valence electrons. The van der Waals surface area contributed by atoms with Gasteiger partial charge in [-0.05, 0) is 53.3 Å². The maximum atomic E-state index is 2.51. The molecule has 0 aliphatic carbocycles. The number of hydrogen-bond acceptors (Lipinski definition) is 0.